The first-order valence-corrected chi connectivity index (χ1v) is 11.3. The summed E-state index contributed by atoms with van der Waals surface area (Å²) in [6.45, 7) is 9.99. The zero-order valence-electron chi connectivity index (χ0n) is 19.7. The fourth-order valence-electron chi connectivity index (χ4n) is 4.73. The van der Waals surface area contributed by atoms with Crippen LogP contribution < -0.4 is 0 Å². The van der Waals surface area contributed by atoms with E-state index in [0.29, 0.717) is 0 Å². The Kier molecular flexibility index (Phi) is 5.77. The molecule has 2 heteroatoms. The van der Waals surface area contributed by atoms with Crippen molar-refractivity contribution in [1.29, 1.82) is 0 Å². The SMILES string of the molecule is CCn1c(-c2ccccc2)c(C(c2ccc(C(C)(C)C)cc2)N(C)C)c2ccccc21. The van der Waals surface area contributed by atoms with Crippen LogP contribution in [0, 0.1) is 0 Å². The van der Waals surface area contributed by atoms with Crippen molar-refractivity contribution in [3.05, 3.63) is 95.6 Å². The molecule has 0 amide bonds. The summed E-state index contributed by atoms with van der Waals surface area (Å²) in [7, 11) is 4.38. The molecule has 3 aromatic carbocycles. The van der Waals surface area contributed by atoms with Gasteiger partial charge in [-0.15, -0.1) is 0 Å². The maximum atomic E-state index is 2.47. The molecule has 0 saturated carbocycles. The van der Waals surface area contributed by atoms with Gasteiger partial charge in [-0.05, 0) is 49.2 Å². The van der Waals surface area contributed by atoms with Crippen LogP contribution in [0.5, 0.6) is 0 Å². The van der Waals surface area contributed by atoms with Crippen molar-refractivity contribution in [1.82, 2.24) is 9.47 Å². The topological polar surface area (TPSA) is 8.17 Å². The van der Waals surface area contributed by atoms with Gasteiger partial charge in [-0.3, -0.25) is 4.90 Å². The van der Waals surface area contributed by atoms with Crippen molar-refractivity contribution in [2.75, 3.05) is 14.1 Å². The van der Waals surface area contributed by atoms with Crippen LogP contribution in [0.15, 0.2) is 78.9 Å². The minimum Gasteiger partial charge on any atom is -0.340 e. The molecule has 0 aliphatic carbocycles. The molecule has 0 saturated heterocycles. The van der Waals surface area contributed by atoms with E-state index in [1.165, 1.54) is 38.9 Å². The van der Waals surface area contributed by atoms with Crippen molar-refractivity contribution < 1.29 is 0 Å². The molecule has 4 rings (SSSR count). The maximum absolute atomic E-state index is 2.47. The van der Waals surface area contributed by atoms with Gasteiger partial charge in [-0.25, -0.2) is 0 Å². The highest BCUT2D eigenvalue weighted by Crippen LogP contribution is 2.42. The van der Waals surface area contributed by atoms with E-state index >= 15 is 0 Å². The van der Waals surface area contributed by atoms with Gasteiger partial charge in [0.15, 0.2) is 0 Å². The Bertz CT molecular complexity index is 1160. The number of hydrogen-bond donors (Lipinski definition) is 0. The van der Waals surface area contributed by atoms with Crippen molar-refractivity contribution in [3.63, 3.8) is 0 Å². The monoisotopic (exact) mass is 410 g/mol. The number of aromatic nitrogens is 1. The molecule has 0 N–H and O–H groups in total. The van der Waals surface area contributed by atoms with Gasteiger partial charge in [0, 0.05) is 23.0 Å². The highest BCUT2D eigenvalue weighted by atomic mass is 15.1. The fraction of sp³-hybridized carbons (Fsp3) is 0.310. The van der Waals surface area contributed by atoms with Crippen molar-refractivity contribution in [3.8, 4) is 11.3 Å². The van der Waals surface area contributed by atoms with E-state index in [-0.39, 0.29) is 11.5 Å². The largest absolute Gasteiger partial charge is 0.340 e. The van der Waals surface area contributed by atoms with E-state index in [2.05, 4.69) is 130 Å². The molecule has 1 unspecified atom stereocenters. The normalized spacial score (nSPS) is 13.1. The second kappa shape index (κ2) is 8.36. The molecule has 4 aromatic rings. The lowest BCUT2D eigenvalue weighted by atomic mass is 9.85. The molecular formula is C29H34N2. The van der Waals surface area contributed by atoms with E-state index in [9.17, 15) is 0 Å². The lowest BCUT2D eigenvalue weighted by Crippen LogP contribution is -2.22. The molecule has 0 bridgehead atoms. The van der Waals surface area contributed by atoms with Crippen LogP contribution in [0.25, 0.3) is 22.2 Å². The van der Waals surface area contributed by atoms with Crippen LogP contribution in [0.4, 0.5) is 0 Å². The van der Waals surface area contributed by atoms with E-state index in [4.69, 9.17) is 0 Å². The van der Waals surface area contributed by atoms with Crippen LogP contribution >= 0.6 is 0 Å². The Morgan fingerprint density at radius 1 is 0.806 bits per heavy atom. The predicted molar refractivity (Wildman–Crippen MR) is 134 cm³/mol. The van der Waals surface area contributed by atoms with Crippen LogP contribution in [-0.4, -0.2) is 23.6 Å². The van der Waals surface area contributed by atoms with Gasteiger partial charge in [0.2, 0.25) is 0 Å². The number of nitrogens with zero attached hydrogens (tertiary/aromatic N) is 2. The number of fused-ring (bicyclic) bond motifs is 1. The molecule has 1 atom stereocenters. The zero-order chi connectivity index (χ0) is 22.2. The summed E-state index contributed by atoms with van der Waals surface area (Å²) in [6.07, 6.45) is 0. The summed E-state index contributed by atoms with van der Waals surface area (Å²) in [5, 5.41) is 1.34. The van der Waals surface area contributed by atoms with Gasteiger partial charge >= 0.3 is 0 Å². The van der Waals surface area contributed by atoms with E-state index in [1.807, 2.05) is 0 Å². The van der Waals surface area contributed by atoms with Gasteiger partial charge in [-0.1, -0.05) is 93.6 Å². The zero-order valence-corrected chi connectivity index (χ0v) is 19.7. The van der Waals surface area contributed by atoms with Crippen molar-refractivity contribution in [2.45, 2.75) is 45.7 Å². The average molecular weight is 411 g/mol. The molecule has 0 fully saturated rings. The highest BCUT2D eigenvalue weighted by molar-refractivity contribution is 5.93. The second-order valence-corrected chi connectivity index (χ2v) is 9.63. The van der Waals surface area contributed by atoms with Crippen molar-refractivity contribution in [2.24, 2.45) is 0 Å². The number of benzene rings is 3. The minimum atomic E-state index is 0.152. The molecular weight excluding hydrogens is 376 g/mol. The third-order valence-corrected chi connectivity index (χ3v) is 6.26. The summed E-state index contributed by atoms with van der Waals surface area (Å²) >= 11 is 0. The fourth-order valence-corrected chi connectivity index (χ4v) is 4.73. The molecule has 2 nitrogen and oxygen atoms in total. The quantitative estimate of drug-likeness (QED) is 0.336. The van der Waals surface area contributed by atoms with Crippen molar-refractivity contribution >= 4 is 10.9 Å². The molecule has 0 aliphatic heterocycles. The van der Waals surface area contributed by atoms with Gasteiger partial charge in [-0.2, -0.15) is 0 Å². The molecule has 160 valence electrons. The van der Waals surface area contributed by atoms with Crippen LogP contribution in [-0.2, 0) is 12.0 Å². The summed E-state index contributed by atoms with van der Waals surface area (Å²) in [5.41, 5.74) is 8.13. The third-order valence-electron chi connectivity index (χ3n) is 6.26. The molecule has 31 heavy (non-hydrogen) atoms. The van der Waals surface area contributed by atoms with Gasteiger partial charge in [0.05, 0.1) is 11.7 Å². The van der Waals surface area contributed by atoms with Gasteiger partial charge in [0.1, 0.15) is 0 Å². The number of aryl methyl sites for hydroxylation is 1. The first-order chi connectivity index (χ1) is 14.8. The Balaban J connectivity index is 2.00. The van der Waals surface area contributed by atoms with Gasteiger partial charge < -0.3 is 4.57 Å². The molecule has 0 radical (unpaired) electrons. The molecule has 0 aliphatic rings. The Labute approximate surface area is 187 Å². The van der Waals surface area contributed by atoms with Crippen LogP contribution in [0.2, 0.25) is 0 Å². The van der Waals surface area contributed by atoms with E-state index in [1.54, 1.807) is 0 Å². The minimum absolute atomic E-state index is 0.152. The Hall–Kier alpha value is -2.84. The van der Waals surface area contributed by atoms with E-state index < -0.39 is 0 Å². The third kappa shape index (κ3) is 3.93. The lowest BCUT2D eigenvalue weighted by molar-refractivity contribution is 0.344. The predicted octanol–water partition coefficient (Wildman–Crippen LogP) is 7.28. The Morgan fingerprint density at radius 3 is 2.00 bits per heavy atom. The average Bonchev–Trinajstić information content (AvgIpc) is 3.08. The summed E-state index contributed by atoms with van der Waals surface area (Å²) in [5.74, 6) is 0. The van der Waals surface area contributed by atoms with Crippen LogP contribution in [0.3, 0.4) is 0 Å². The number of para-hydroxylation sites is 1. The molecule has 1 heterocycles. The van der Waals surface area contributed by atoms with Crippen LogP contribution in [0.1, 0.15) is 50.4 Å². The smallest absolute Gasteiger partial charge is 0.0624 e. The molecule has 0 spiro atoms. The highest BCUT2D eigenvalue weighted by Gasteiger charge is 2.27. The second-order valence-electron chi connectivity index (χ2n) is 9.63. The maximum Gasteiger partial charge on any atom is 0.0624 e. The first kappa shape index (κ1) is 21.4. The number of hydrogen-bond acceptors (Lipinski definition) is 1. The summed E-state index contributed by atoms with van der Waals surface area (Å²) < 4.78 is 2.47. The van der Waals surface area contributed by atoms with E-state index in [0.717, 1.165) is 6.54 Å². The number of rotatable bonds is 5. The Morgan fingerprint density at radius 2 is 1.42 bits per heavy atom. The standard InChI is InChI=1S/C29H34N2/c1-7-31-25-16-12-11-15-24(25)26(28(31)21-13-9-8-10-14-21)27(30(5)6)22-17-19-23(20-18-22)29(2,3)4/h8-20,27H,7H2,1-6H3. The first-order valence-electron chi connectivity index (χ1n) is 11.3. The summed E-state index contributed by atoms with van der Waals surface area (Å²) in [4.78, 5) is 2.35. The lowest BCUT2D eigenvalue weighted by Gasteiger charge is -2.28. The van der Waals surface area contributed by atoms with Gasteiger partial charge in [0.25, 0.3) is 0 Å². The summed E-state index contributed by atoms with van der Waals surface area (Å²) in [6, 6.07) is 29.1. The molecule has 1 aromatic heterocycles.